The van der Waals surface area contributed by atoms with Crippen LogP contribution in [0.1, 0.15) is 38.0 Å². The first-order valence-corrected chi connectivity index (χ1v) is 4.05. The maximum atomic E-state index is 11.4. The van der Waals surface area contributed by atoms with Crippen molar-refractivity contribution >= 4 is 5.97 Å². The molecule has 0 spiro atoms. The molecular weight excluding hydrogens is 156 g/mol. The number of carbonyl (C=O) groups excluding carboxylic acids is 1. The third-order valence-electron chi connectivity index (χ3n) is 1.74. The van der Waals surface area contributed by atoms with Crippen LogP contribution in [0.4, 0.5) is 0 Å². The quantitative estimate of drug-likeness (QED) is 0.641. The van der Waals surface area contributed by atoms with Gasteiger partial charge in [0.1, 0.15) is 0 Å². The first kappa shape index (κ1) is 5.22. The molecule has 0 bridgehead atoms. The number of esters is 1. The summed E-state index contributed by atoms with van der Waals surface area (Å²) in [7, 11) is 0. The van der Waals surface area contributed by atoms with Crippen LogP contribution in [0.15, 0.2) is 0 Å². The number of hydrogen-bond acceptors (Lipinski definition) is 3. The Labute approximate surface area is 78.3 Å². The Bertz CT molecular complexity index is 262. The molecule has 0 atom stereocenters. The number of hydrogen-bond donors (Lipinski definition) is 1. The molecule has 12 heavy (non-hydrogen) atoms. The predicted octanol–water partition coefficient (Wildman–Crippen LogP) is 1.10. The fraction of sp³-hybridized carbons (Fsp3) is 0.889. The zero-order valence-electron chi connectivity index (χ0n) is 11.0. The van der Waals surface area contributed by atoms with Crippen LogP contribution in [0.3, 0.4) is 0 Å². The van der Waals surface area contributed by atoms with Gasteiger partial charge < -0.3 is 9.84 Å². The Hall–Kier alpha value is -0.570. The Morgan fingerprint density at radius 3 is 2.75 bits per heavy atom. The average Bonchev–Trinajstić information content (AvgIpc) is 2.13. The molecule has 0 aromatic carbocycles. The molecule has 70 valence electrons. The van der Waals surface area contributed by atoms with Crippen molar-refractivity contribution in [1.82, 2.24) is 0 Å². The summed E-state index contributed by atoms with van der Waals surface area (Å²) in [5.74, 6) is -1.42. The van der Waals surface area contributed by atoms with E-state index in [9.17, 15) is 9.90 Å². The summed E-state index contributed by atoms with van der Waals surface area (Å²) in [6.07, 6.45) is -6.30. The van der Waals surface area contributed by atoms with E-state index in [4.69, 9.17) is 10.2 Å². The van der Waals surface area contributed by atoms with Crippen molar-refractivity contribution in [2.75, 3.05) is 6.61 Å². The SMILES string of the molecule is [2H]C1([2H])CC(C(=O)OCC)CC([2H])([2H])C1O. The molecule has 0 radical (unpaired) electrons. The largest absolute Gasteiger partial charge is 0.466 e. The summed E-state index contributed by atoms with van der Waals surface area (Å²) in [4.78, 5) is 11.4. The normalized spacial score (nSPS) is 43.2. The van der Waals surface area contributed by atoms with Crippen LogP contribution in [-0.2, 0) is 9.53 Å². The van der Waals surface area contributed by atoms with E-state index in [1.54, 1.807) is 6.92 Å². The van der Waals surface area contributed by atoms with Crippen LogP contribution in [0.2, 0.25) is 0 Å². The molecule has 0 aromatic heterocycles. The van der Waals surface area contributed by atoms with E-state index in [1.165, 1.54) is 0 Å². The molecule has 0 amide bonds. The average molecular weight is 176 g/mol. The number of ether oxygens (including phenoxy) is 1. The second-order valence-corrected chi connectivity index (χ2v) is 2.67. The molecule has 1 rings (SSSR count). The third-order valence-corrected chi connectivity index (χ3v) is 1.74. The third kappa shape index (κ3) is 2.48. The van der Waals surface area contributed by atoms with Crippen LogP contribution < -0.4 is 0 Å². The second-order valence-electron chi connectivity index (χ2n) is 2.67. The van der Waals surface area contributed by atoms with Gasteiger partial charge in [0.25, 0.3) is 0 Å². The van der Waals surface area contributed by atoms with Gasteiger partial charge in [-0.3, -0.25) is 4.79 Å². The van der Waals surface area contributed by atoms with Crippen molar-refractivity contribution in [2.24, 2.45) is 5.92 Å². The standard InChI is InChI=1S/C9H16O3/c1-2-12-9(11)7-3-5-8(10)6-4-7/h7-8,10H,2-6H2,1H3/i5D2,6D2. The van der Waals surface area contributed by atoms with Gasteiger partial charge in [0, 0.05) is 5.48 Å². The molecule has 1 aliphatic rings. The number of rotatable bonds is 2. The minimum atomic E-state index is -2.10. The van der Waals surface area contributed by atoms with E-state index < -0.39 is 30.7 Å². The monoisotopic (exact) mass is 176 g/mol. The van der Waals surface area contributed by atoms with Crippen molar-refractivity contribution in [2.45, 2.75) is 38.6 Å². The minimum absolute atomic E-state index is 0.184. The molecule has 1 N–H and O–H groups in total. The van der Waals surface area contributed by atoms with Crippen LogP contribution in [0, 0.1) is 5.92 Å². The number of aliphatic hydroxyl groups is 1. The van der Waals surface area contributed by atoms with E-state index in [0.717, 1.165) is 0 Å². The Kier molecular flexibility index (Phi) is 1.94. The molecule has 0 unspecified atom stereocenters. The molecule has 1 aliphatic carbocycles. The Morgan fingerprint density at radius 1 is 1.67 bits per heavy atom. The first-order valence-electron chi connectivity index (χ1n) is 6.05. The van der Waals surface area contributed by atoms with Gasteiger partial charge in [-0.05, 0) is 32.5 Å². The van der Waals surface area contributed by atoms with E-state index in [2.05, 4.69) is 0 Å². The summed E-state index contributed by atoms with van der Waals surface area (Å²) in [6, 6.07) is 0. The molecule has 3 nitrogen and oxygen atoms in total. The van der Waals surface area contributed by atoms with Crippen molar-refractivity contribution < 1.29 is 20.1 Å². The molecule has 0 saturated heterocycles. The molecular formula is C9H16O3. The van der Waals surface area contributed by atoms with E-state index in [-0.39, 0.29) is 19.4 Å². The van der Waals surface area contributed by atoms with Gasteiger partial charge in [-0.15, -0.1) is 0 Å². The highest BCUT2D eigenvalue weighted by atomic mass is 16.5. The van der Waals surface area contributed by atoms with Crippen molar-refractivity contribution in [1.29, 1.82) is 0 Å². The topological polar surface area (TPSA) is 46.5 Å². The van der Waals surface area contributed by atoms with E-state index >= 15 is 0 Å². The summed E-state index contributed by atoms with van der Waals surface area (Å²) in [5, 5.41) is 9.49. The maximum Gasteiger partial charge on any atom is 0.308 e. The molecule has 0 aromatic rings. The van der Waals surface area contributed by atoms with Crippen molar-refractivity contribution in [3.05, 3.63) is 0 Å². The lowest BCUT2D eigenvalue weighted by Crippen LogP contribution is -2.25. The molecule has 1 saturated carbocycles. The van der Waals surface area contributed by atoms with Gasteiger partial charge in [-0.1, -0.05) is 0 Å². The Morgan fingerprint density at radius 2 is 2.25 bits per heavy atom. The molecule has 3 heteroatoms. The van der Waals surface area contributed by atoms with E-state index in [0.29, 0.717) is 0 Å². The highest BCUT2D eigenvalue weighted by Crippen LogP contribution is 2.24. The zero-order valence-corrected chi connectivity index (χ0v) is 7.04. The van der Waals surface area contributed by atoms with Crippen LogP contribution in [0.25, 0.3) is 0 Å². The van der Waals surface area contributed by atoms with E-state index in [1.807, 2.05) is 0 Å². The summed E-state index contributed by atoms with van der Waals surface area (Å²) < 4.78 is 34.8. The summed E-state index contributed by atoms with van der Waals surface area (Å²) in [5.41, 5.74) is 0. The zero-order chi connectivity index (χ0) is 12.6. The highest BCUT2D eigenvalue weighted by molar-refractivity contribution is 5.72. The van der Waals surface area contributed by atoms with Crippen LogP contribution >= 0.6 is 0 Å². The fourth-order valence-electron chi connectivity index (χ4n) is 1.08. The van der Waals surface area contributed by atoms with Crippen LogP contribution in [-0.4, -0.2) is 23.8 Å². The van der Waals surface area contributed by atoms with Crippen LogP contribution in [0.5, 0.6) is 0 Å². The van der Waals surface area contributed by atoms with Gasteiger partial charge in [0.2, 0.25) is 0 Å². The molecule has 1 fully saturated rings. The van der Waals surface area contributed by atoms with Gasteiger partial charge >= 0.3 is 5.97 Å². The van der Waals surface area contributed by atoms with Crippen molar-refractivity contribution in [3.8, 4) is 0 Å². The summed E-state index contributed by atoms with van der Waals surface area (Å²) in [6.45, 7) is 1.82. The fourth-order valence-corrected chi connectivity index (χ4v) is 1.08. The highest BCUT2D eigenvalue weighted by Gasteiger charge is 2.25. The second kappa shape index (κ2) is 4.45. The van der Waals surface area contributed by atoms with Gasteiger partial charge in [0.15, 0.2) is 0 Å². The van der Waals surface area contributed by atoms with Gasteiger partial charge in [-0.25, -0.2) is 0 Å². The van der Waals surface area contributed by atoms with Crippen molar-refractivity contribution in [3.63, 3.8) is 0 Å². The smallest absolute Gasteiger partial charge is 0.308 e. The summed E-state index contributed by atoms with van der Waals surface area (Å²) >= 11 is 0. The van der Waals surface area contributed by atoms with Gasteiger partial charge in [0.05, 0.1) is 18.6 Å². The Balaban J connectivity index is 2.82. The number of aliphatic hydroxyl groups excluding tert-OH is 1. The lowest BCUT2D eigenvalue weighted by molar-refractivity contribution is -0.149. The maximum absolute atomic E-state index is 11.4. The minimum Gasteiger partial charge on any atom is -0.466 e. The molecule has 0 heterocycles. The lowest BCUT2D eigenvalue weighted by atomic mass is 9.88. The number of carbonyl (C=O) groups is 1. The van der Waals surface area contributed by atoms with Gasteiger partial charge in [-0.2, -0.15) is 0 Å². The first-order chi connectivity index (χ1) is 7.20. The predicted molar refractivity (Wildman–Crippen MR) is 44.6 cm³/mol. The molecule has 0 aliphatic heterocycles. The lowest BCUT2D eigenvalue weighted by Gasteiger charge is -2.23.